The molecule has 0 N–H and O–H groups in total. The number of benzene rings is 2. The molecule has 1 saturated heterocycles. The van der Waals surface area contributed by atoms with Crippen molar-refractivity contribution in [1.29, 1.82) is 0 Å². The van der Waals surface area contributed by atoms with Gasteiger partial charge in [-0.25, -0.2) is 4.79 Å². The fraction of sp³-hybridized carbons (Fsp3) is 0.250. The molecule has 7 heteroatoms. The molecular weight excluding hydrogens is 462 g/mol. The van der Waals surface area contributed by atoms with Gasteiger partial charge in [0.25, 0.3) is 0 Å². The van der Waals surface area contributed by atoms with Gasteiger partial charge in [0.15, 0.2) is 12.4 Å². The minimum absolute atomic E-state index is 0.147. The number of hydrogen-bond donors (Lipinski definition) is 0. The van der Waals surface area contributed by atoms with Crippen LogP contribution in [0.3, 0.4) is 0 Å². The summed E-state index contributed by atoms with van der Waals surface area (Å²) >= 11 is 3.30. The number of allylic oxidation sites excluding steroid dienone is 2. The molecule has 1 saturated carbocycles. The molecule has 2 aliphatic carbocycles. The normalized spacial score (nSPS) is 25.8. The SMILES string of the molecule is O=C(COC(=O)c1ccc(N2C(=O)[C@H]3[C@H](C2=O)[C@H]2C=C[C@H]3C2)cc1)c1ccc(Br)cc1. The Balaban J connectivity index is 1.24. The number of rotatable bonds is 5. The minimum Gasteiger partial charge on any atom is -0.454 e. The van der Waals surface area contributed by atoms with Gasteiger partial charge < -0.3 is 4.74 Å². The second kappa shape index (κ2) is 7.57. The lowest BCUT2D eigenvalue weighted by molar-refractivity contribution is -0.123. The standard InChI is InChI=1S/C24H18BrNO5/c25-17-7-3-13(4-8-17)19(27)12-31-24(30)14-5-9-18(10-6-14)26-22(28)20-15-1-2-16(11-15)21(20)23(26)29/h1-10,15-16,20-21H,11-12H2/t15-,16-,20+,21+/m0/s1. The molecule has 2 amide bonds. The highest BCUT2D eigenvalue weighted by atomic mass is 79.9. The molecule has 0 spiro atoms. The molecule has 0 aromatic heterocycles. The van der Waals surface area contributed by atoms with E-state index in [4.69, 9.17) is 4.74 Å². The van der Waals surface area contributed by atoms with Crippen molar-refractivity contribution in [3.63, 3.8) is 0 Å². The van der Waals surface area contributed by atoms with Gasteiger partial charge in [0, 0.05) is 10.0 Å². The van der Waals surface area contributed by atoms with Crippen LogP contribution in [0.15, 0.2) is 65.2 Å². The molecule has 0 unspecified atom stereocenters. The number of carbonyl (C=O) groups is 4. The Morgan fingerprint density at radius 3 is 2.00 bits per heavy atom. The van der Waals surface area contributed by atoms with Gasteiger partial charge >= 0.3 is 5.97 Å². The molecule has 0 radical (unpaired) electrons. The van der Waals surface area contributed by atoms with Crippen LogP contribution < -0.4 is 4.90 Å². The molecule has 5 rings (SSSR count). The van der Waals surface area contributed by atoms with Crippen molar-refractivity contribution in [3.05, 3.63) is 76.3 Å². The van der Waals surface area contributed by atoms with Crippen molar-refractivity contribution in [2.24, 2.45) is 23.7 Å². The van der Waals surface area contributed by atoms with Crippen LogP contribution in [0.1, 0.15) is 27.1 Å². The number of imide groups is 1. The largest absolute Gasteiger partial charge is 0.454 e. The van der Waals surface area contributed by atoms with Crippen molar-refractivity contribution in [3.8, 4) is 0 Å². The molecule has 2 aromatic carbocycles. The monoisotopic (exact) mass is 479 g/mol. The zero-order valence-electron chi connectivity index (χ0n) is 16.4. The van der Waals surface area contributed by atoms with E-state index in [9.17, 15) is 19.2 Å². The Morgan fingerprint density at radius 1 is 0.871 bits per heavy atom. The Hall–Kier alpha value is -3.06. The van der Waals surface area contributed by atoms with E-state index in [1.807, 2.05) is 0 Å². The van der Waals surface area contributed by atoms with E-state index < -0.39 is 5.97 Å². The van der Waals surface area contributed by atoms with Crippen LogP contribution in [-0.2, 0) is 14.3 Å². The van der Waals surface area contributed by atoms with Crippen LogP contribution in [0.5, 0.6) is 0 Å². The number of carbonyl (C=O) groups excluding carboxylic acids is 4. The zero-order valence-corrected chi connectivity index (χ0v) is 17.9. The van der Waals surface area contributed by atoms with Gasteiger partial charge in [0.1, 0.15) is 0 Å². The third-order valence-electron chi connectivity index (χ3n) is 6.33. The van der Waals surface area contributed by atoms with Gasteiger partial charge in [-0.15, -0.1) is 0 Å². The van der Waals surface area contributed by atoms with Crippen LogP contribution in [0.25, 0.3) is 0 Å². The number of esters is 1. The van der Waals surface area contributed by atoms with Gasteiger partial charge in [0.2, 0.25) is 11.8 Å². The van der Waals surface area contributed by atoms with Gasteiger partial charge in [-0.2, -0.15) is 0 Å². The lowest BCUT2D eigenvalue weighted by Crippen LogP contribution is -2.32. The summed E-state index contributed by atoms with van der Waals surface area (Å²) in [5.74, 6) is -1.52. The number of nitrogens with zero attached hydrogens (tertiary/aromatic N) is 1. The predicted molar refractivity (Wildman–Crippen MR) is 115 cm³/mol. The van der Waals surface area contributed by atoms with Crippen LogP contribution in [0, 0.1) is 23.7 Å². The number of ether oxygens (including phenoxy) is 1. The lowest BCUT2D eigenvalue weighted by atomic mass is 9.85. The third kappa shape index (κ3) is 3.33. The maximum absolute atomic E-state index is 12.9. The summed E-state index contributed by atoms with van der Waals surface area (Å²) in [6.45, 7) is -0.371. The van der Waals surface area contributed by atoms with Crippen molar-refractivity contribution in [2.75, 3.05) is 11.5 Å². The van der Waals surface area contributed by atoms with E-state index in [1.54, 1.807) is 36.4 Å². The van der Waals surface area contributed by atoms with E-state index in [2.05, 4.69) is 28.1 Å². The van der Waals surface area contributed by atoms with Crippen molar-refractivity contribution in [2.45, 2.75) is 6.42 Å². The quantitative estimate of drug-likeness (QED) is 0.282. The first-order valence-corrected chi connectivity index (χ1v) is 10.9. The van der Waals surface area contributed by atoms with Crippen LogP contribution >= 0.6 is 15.9 Å². The number of fused-ring (bicyclic) bond motifs is 5. The molecule has 3 aliphatic rings. The smallest absolute Gasteiger partial charge is 0.338 e. The molecule has 156 valence electrons. The maximum Gasteiger partial charge on any atom is 0.338 e. The molecule has 1 heterocycles. The minimum atomic E-state index is -0.643. The summed E-state index contributed by atoms with van der Waals surface area (Å²) in [5, 5.41) is 0. The number of Topliss-reactive ketones (excluding diaryl/α,β-unsaturated/α-hetero) is 1. The maximum atomic E-state index is 12.9. The fourth-order valence-corrected chi connectivity index (χ4v) is 5.10. The number of halogens is 1. The molecule has 2 aromatic rings. The number of amides is 2. The van der Waals surface area contributed by atoms with E-state index >= 15 is 0 Å². The molecule has 2 fully saturated rings. The zero-order chi connectivity index (χ0) is 21.7. The van der Waals surface area contributed by atoms with Crippen LogP contribution in [-0.4, -0.2) is 30.2 Å². The average molecular weight is 480 g/mol. The fourth-order valence-electron chi connectivity index (χ4n) is 4.84. The summed E-state index contributed by atoms with van der Waals surface area (Å²) in [6.07, 6.45) is 4.98. The molecule has 6 nitrogen and oxygen atoms in total. The molecular formula is C24H18BrNO5. The van der Waals surface area contributed by atoms with Crippen LogP contribution in [0.2, 0.25) is 0 Å². The van der Waals surface area contributed by atoms with Gasteiger partial charge in [-0.05, 0) is 54.7 Å². The second-order valence-corrected chi connectivity index (χ2v) is 8.98. The number of anilines is 1. The Bertz CT molecular complexity index is 1090. The highest BCUT2D eigenvalue weighted by molar-refractivity contribution is 9.10. The van der Waals surface area contributed by atoms with E-state index in [-0.39, 0.29) is 53.4 Å². The average Bonchev–Trinajstić information content (AvgIpc) is 3.46. The molecule has 1 aliphatic heterocycles. The van der Waals surface area contributed by atoms with E-state index in [0.717, 1.165) is 10.9 Å². The summed E-state index contributed by atoms with van der Waals surface area (Å²) in [4.78, 5) is 51.5. The van der Waals surface area contributed by atoms with E-state index in [1.165, 1.54) is 17.0 Å². The van der Waals surface area contributed by atoms with Crippen molar-refractivity contribution < 1.29 is 23.9 Å². The number of ketones is 1. The summed E-state index contributed by atoms with van der Waals surface area (Å²) in [7, 11) is 0. The highest BCUT2D eigenvalue weighted by Crippen LogP contribution is 2.53. The van der Waals surface area contributed by atoms with Gasteiger partial charge in [-0.1, -0.05) is 40.2 Å². The van der Waals surface area contributed by atoms with Gasteiger partial charge in [0.05, 0.1) is 23.1 Å². The molecule has 4 atom stereocenters. The van der Waals surface area contributed by atoms with Crippen LogP contribution in [0.4, 0.5) is 5.69 Å². The second-order valence-electron chi connectivity index (χ2n) is 8.06. The molecule has 31 heavy (non-hydrogen) atoms. The summed E-state index contributed by atoms with van der Waals surface area (Å²) in [6, 6.07) is 12.9. The summed E-state index contributed by atoms with van der Waals surface area (Å²) in [5.41, 5.74) is 1.14. The Morgan fingerprint density at radius 2 is 1.42 bits per heavy atom. The van der Waals surface area contributed by atoms with Gasteiger partial charge in [-0.3, -0.25) is 19.3 Å². The first-order valence-electron chi connectivity index (χ1n) is 10.1. The molecule has 2 bridgehead atoms. The first kappa shape index (κ1) is 19.9. The first-order chi connectivity index (χ1) is 14.9. The summed E-state index contributed by atoms with van der Waals surface area (Å²) < 4.78 is 5.97. The van der Waals surface area contributed by atoms with E-state index in [0.29, 0.717) is 11.3 Å². The highest BCUT2D eigenvalue weighted by Gasteiger charge is 2.59. The number of hydrogen-bond acceptors (Lipinski definition) is 5. The van der Waals surface area contributed by atoms with Crippen molar-refractivity contribution in [1.82, 2.24) is 0 Å². The predicted octanol–water partition coefficient (Wildman–Crippen LogP) is 3.80. The lowest BCUT2D eigenvalue weighted by Gasteiger charge is -2.17. The third-order valence-corrected chi connectivity index (χ3v) is 6.86. The Labute approximate surface area is 187 Å². The Kier molecular flexibility index (Phi) is 4.85. The topological polar surface area (TPSA) is 80.8 Å². The van der Waals surface area contributed by atoms with Crippen molar-refractivity contribution >= 4 is 45.2 Å².